The van der Waals surface area contributed by atoms with E-state index in [1.807, 2.05) is 27.2 Å². The van der Waals surface area contributed by atoms with Gasteiger partial charge in [-0.15, -0.1) is 0 Å². The van der Waals surface area contributed by atoms with E-state index in [-0.39, 0.29) is 19.1 Å². The van der Waals surface area contributed by atoms with Gasteiger partial charge in [0.2, 0.25) is 5.91 Å². The van der Waals surface area contributed by atoms with Crippen molar-refractivity contribution in [3.05, 3.63) is 24.3 Å². The molecule has 8 nitrogen and oxygen atoms in total. The topological polar surface area (TPSA) is 105 Å². The lowest BCUT2D eigenvalue weighted by Crippen LogP contribution is -2.45. The van der Waals surface area contributed by atoms with Crippen LogP contribution in [0.15, 0.2) is 24.3 Å². The Labute approximate surface area is 417 Å². The Morgan fingerprint density at radius 3 is 1.18 bits per heavy atom. The largest absolute Gasteiger partial charge is 0.472 e. The van der Waals surface area contributed by atoms with E-state index in [1.165, 1.54) is 231 Å². The molecule has 0 radical (unpaired) electrons. The van der Waals surface area contributed by atoms with Crippen molar-refractivity contribution in [3.8, 4) is 0 Å². The third-order valence-electron chi connectivity index (χ3n) is 13.4. The number of hydrogen-bond acceptors (Lipinski definition) is 5. The molecule has 3 N–H and O–H groups in total. The van der Waals surface area contributed by atoms with Gasteiger partial charge in [0.1, 0.15) is 13.2 Å². The fraction of sp³-hybridized carbons (Fsp3) is 0.914. The number of phosphoric ester groups is 1. The Bertz CT molecular complexity index is 1140. The molecular weight excluding hydrogens is 852 g/mol. The van der Waals surface area contributed by atoms with Gasteiger partial charge in [-0.2, -0.15) is 0 Å². The zero-order valence-corrected chi connectivity index (χ0v) is 46.3. The summed E-state index contributed by atoms with van der Waals surface area (Å²) >= 11 is 0. The third kappa shape index (κ3) is 52.6. The predicted molar refractivity (Wildman–Crippen MR) is 291 cm³/mol. The van der Waals surface area contributed by atoms with Crippen LogP contribution in [0.25, 0.3) is 0 Å². The van der Waals surface area contributed by atoms with Crippen molar-refractivity contribution in [3.63, 3.8) is 0 Å². The summed E-state index contributed by atoms with van der Waals surface area (Å²) in [7, 11) is 1.58. The minimum atomic E-state index is -4.32. The van der Waals surface area contributed by atoms with E-state index in [0.29, 0.717) is 17.4 Å². The van der Waals surface area contributed by atoms with Crippen LogP contribution >= 0.6 is 7.82 Å². The van der Waals surface area contributed by atoms with Gasteiger partial charge in [-0.05, 0) is 38.5 Å². The van der Waals surface area contributed by atoms with E-state index >= 15 is 0 Å². The molecule has 0 aromatic rings. The number of nitrogens with one attached hydrogen (secondary N) is 1. The second-order valence-electron chi connectivity index (χ2n) is 21.4. The normalized spacial score (nSPS) is 14.1. The van der Waals surface area contributed by atoms with Crippen LogP contribution in [-0.4, -0.2) is 73.4 Å². The van der Waals surface area contributed by atoms with Gasteiger partial charge in [-0.25, -0.2) is 4.57 Å². The number of quaternary nitrogens is 1. The summed E-state index contributed by atoms with van der Waals surface area (Å²) in [6.45, 7) is 4.68. The lowest BCUT2D eigenvalue weighted by atomic mass is 10.0. The lowest BCUT2D eigenvalue weighted by molar-refractivity contribution is -0.870. The van der Waals surface area contributed by atoms with E-state index < -0.39 is 20.0 Å². The Morgan fingerprint density at radius 2 is 0.821 bits per heavy atom. The predicted octanol–water partition coefficient (Wildman–Crippen LogP) is 17.6. The van der Waals surface area contributed by atoms with Crippen LogP contribution in [0.2, 0.25) is 0 Å². The van der Waals surface area contributed by atoms with Crippen LogP contribution in [-0.2, 0) is 18.4 Å². The van der Waals surface area contributed by atoms with Crippen LogP contribution in [0.4, 0.5) is 0 Å². The summed E-state index contributed by atoms with van der Waals surface area (Å²) in [5, 5.41) is 13.6. The maximum Gasteiger partial charge on any atom is 0.472 e. The lowest BCUT2D eigenvalue weighted by Gasteiger charge is -2.25. The number of likely N-dealkylation sites (N-methyl/N-ethyl adjacent to an activating group) is 1. The summed E-state index contributed by atoms with van der Waals surface area (Å²) in [4.78, 5) is 22.9. The molecule has 3 atom stereocenters. The van der Waals surface area contributed by atoms with Crippen molar-refractivity contribution < 1.29 is 32.9 Å². The molecule has 0 spiro atoms. The fourth-order valence-electron chi connectivity index (χ4n) is 8.79. The number of phosphoric acid groups is 1. The molecule has 0 aromatic carbocycles. The number of rotatable bonds is 54. The molecule has 398 valence electrons. The molecule has 0 aliphatic rings. The Balaban J connectivity index is 3.58. The number of carbonyl (C=O) groups is 1. The van der Waals surface area contributed by atoms with Gasteiger partial charge < -0.3 is 19.8 Å². The zero-order valence-electron chi connectivity index (χ0n) is 45.4. The first-order chi connectivity index (χ1) is 32.5. The van der Waals surface area contributed by atoms with Crippen molar-refractivity contribution in [1.29, 1.82) is 0 Å². The Morgan fingerprint density at radius 1 is 0.493 bits per heavy atom. The Kier molecular flexibility index (Phi) is 49.2. The van der Waals surface area contributed by atoms with E-state index in [0.717, 1.165) is 38.5 Å². The maximum atomic E-state index is 12.8. The van der Waals surface area contributed by atoms with E-state index in [9.17, 15) is 19.4 Å². The van der Waals surface area contributed by atoms with Crippen LogP contribution in [0.1, 0.15) is 290 Å². The van der Waals surface area contributed by atoms with Gasteiger partial charge in [-0.1, -0.05) is 269 Å². The minimum absolute atomic E-state index is 0.0625. The average molecular weight is 969 g/mol. The molecular formula is C58H116N2O6P+. The molecule has 0 rings (SSSR count). The highest BCUT2D eigenvalue weighted by Gasteiger charge is 2.27. The van der Waals surface area contributed by atoms with Crippen LogP contribution in [0, 0.1) is 0 Å². The van der Waals surface area contributed by atoms with Gasteiger partial charge in [0.25, 0.3) is 0 Å². The van der Waals surface area contributed by atoms with E-state index in [2.05, 4.69) is 31.3 Å². The summed E-state index contributed by atoms with van der Waals surface area (Å²) in [5.74, 6) is -0.181. The second kappa shape index (κ2) is 49.9. The molecule has 0 heterocycles. The monoisotopic (exact) mass is 968 g/mol. The third-order valence-corrected chi connectivity index (χ3v) is 14.4. The summed E-state index contributed by atoms with van der Waals surface area (Å²) in [5.41, 5.74) is 0. The molecule has 0 saturated carbocycles. The van der Waals surface area contributed by atoms with Gasteiger partial charge >= 0.3 is 7.82 Å². The first kappa shape index (κ1) is 66.0. The number of aliphatic hydroxyl groups excluding tert-OH is 1. The maximum absolute atomic E-state index is 12.8. The number of amides is 1. The van der Waals surface area contributed by atoms with Crippen molar-refractivity contribution in [2.24, 2.45) is 0 Å². The number of nitrogens with zero attached hydrogens (tertiary/aromatic N) is 1. The molecule has 0 fully saturated rings. The quantitative estimate of drug-likeness (QED) is 0.0243. The number of hydrogen-bond donors (Lipinski definition) is 3. The highest BCUT2D eigenvalue weighted by molar-refractivity contribution is 7.47. The highest BCUT2D eigenvalue weighted by atomic mass is 31.2. The molecule has 1 amide bonds. The van der Waals surface area contributed by atoms with Crippen molar-refractivity contribution >= 4 is 13.7 Å². The standard InChI is InChI=1S/C58H115N2O6P/c1-6-8-10-12-13-14-15-16-17-18-19-20-21-22-23-24-25-26-27-28-29-30-31-32-33-34-35-36-37-38-39-40-41-42-43-44-45-46-47-48-50-52-58(62)59-56(57(61)51-49-11-9-7-2)55-66-67(63,64)65-54-53-60(3,4)5/h18-19,49,51,56-57,61H,6-17,20-48,50,52-55H2,1-5H3,(H-,59,62,63,64)/p+1/b19-18-,51-49+. The molecule has 3 unspecified atom stereocenters. The molecule has 0 bridgehead atoms. The summed E-state index contributed by atoms with van der Waals surface area (Å²) < 4.78 is 23.4. The SMILES string of the molecule is CCCC/C=C/C(O)C(COP(=O)(O)OCC[N+](C)(C)C)NC(=O)CCCCCCCCCCCCCCCCCCCCCCCCCCCCCCC/C=C\CCCCCCCCCC. The minimum Gasteiger partial charge on any atom is -0.387 e. The fourth-order valence-corrected chi connectivity index (χ4v) is 9.53. The van der Waals surface area contributed by atoms with Crippen LogP contribution < -0.4 is 5.32 Å². The number of unbranched alkanes of at least 4 members (excludes halogenated alkanes) is 39. The van der Waals surface area contributed by atoms with Gasteiger partial charge in [-0.3, -0.25) is 13.8 Å². The van der Waals surface area contributed by atoms with Crippen molar-refractivity contribution in [1.82, 2.24) is 5.32 Å². The molecule has 0 aliphatic heterocycles. The molecule has 9 heteroatoms. The average Bonchev–Trinajstić information content (AvgIpc) is 3.29. The first-order valence-corrected chi connectivity index (χ1v) is 30.7. The number of carbonyl (C=O) groups excluding carboxylic acids is 1. The van der Waals surface area contributed by atoms with Gasteiger partial charge in [0.05, 0.1) is 39.9 Å². The molecule has 67 heavy (non-hydrogen) atoms. The Hall–Kier alpha value is -1.02. The first-order valence-electron chi connectivity index (χ1n) is 29.2. The van der Waals surface area contributed by atoms with Gasteiger partial charge in [0.15, 0.2) is 0 Å². The molecule has 0 aliphatic carbocycles. The summed E-state index contributed by atoms with van der Waals surface area (Å²) in [6, 6.07) is -0.838. The smallest absolute Gasteiger partial charge is 0.387 e. The molecule has 0 aromatic heterocycles. The van der Waals surface area contributed by atoms with E-state index in [4.69, 9.17) is 9.05 Å². The zero-order chi connectivity index (χ0) is 49.2. The number of allylic oxidation sites excluding steroid dienone is 3. The number of aliphatic hydroxyl groups is 1. The van der Waals surface area contributed by atoms with Crippen LogP contribution in [0.5, 0.6) is 0 Å². The van der Waals surface area contributed by atoms with Crippen molar-refractivity contribution in [2.75, 3.05) is 40.9 Å². The molecule has 0 saturated heterocycles. The van der Waals surface area contributed by atoms with Crippen molar-refractivity contribution in [2.45, 2.75) is 302 Å². The van der Waals surface area contributed by atoms with E-state index in [1.54, 1.807) is 6.08 Å². The van der Waals surface area contributed by atoms with Gasteiger partial charge in [0, 0.05) is 6.42 Å². The second-order valence-corrected chi connectivity index (χ2v) is 22.8. The summed E-state index contributed by atoms with van der Waals surface area (Å²) in [6.07, 6.45) is 64.0. The van der Waals surface area contributed by atoms with Crippen LogP contribution in [0.3, 0.4) is 0 Å². The highest BCUT2D eigenvalue weighted by Crippen LogP contribution is 2.43.